The molecule has 26 heavy (non-hydrogen) atoms. The Balaban J connectivity index is 1.80. The van der Waals surface area contributed by atoms with Gasteiger partial charge in [-0.1, -0.05) is 41.9 Å². The minimum atomic E-state index is -0.621. The lowest BCUT2D eigenvalue weighted by atomic mass is 10.1. The summed E-state index contributed by atoms with van der Waals surface area (Å²) in [5.41, 5.74) is 7.90. The molecule has 1 atom stereocenters. The molecule has 0 bridgehead atoms. The van der Waals surface area contributed by atoms with Crippen molar-refractivity contribution in [3.63, 3.8) is 0 Å². The largest absolute Gasteiger partial charge is 0.351 e. The van der Waals surface area contributed by atoms with Crippen molar-refractivity contribution in [1.29, 1.82) is 0 Å². The molecule has 0 spiro atoms. The SMILES string of the molecule is CC(NC(=O)c1c(Cl)c2ccccc2n1C)c1ccc(NC(N)=O)cc1. The second-order valence-corrected chi connectivity index (χ2v) is 6.42. The highest BCUT2D eigenvalue weighted by molar-refractivity contribution is 6.38. The zero-order valence-electron chi connectivity index (χ0n) is 14.4. The Morgan fingerprint density at radius 3 is 2.38 bits per heavy atom. The second kappa shape index (κ2) is 7.09. The molecule has 1 unspecified atom stereocenters. The summed E-state index contributed by atoms with van der Waals surface area (Å²) in [6.07, 6.45) is 0. The van der Waals surface area contributed by atoms with Crippen LogP contribution in [0.25, 0.3) is 10.9 Å². The molecule has 3 amide bonds. The van der Waals surface area contributed by atoms with Gasteiger partial charge in [0.1, 0.15) is 5.69 Å². The number of rotatable bonds is 4. The van der Waals surface area contributed by atoms with Crippen LogP contribution in [0.3, 0.4) is 0 Å². The number of carbonyl (C=O) groups is 2. The van der Waals surface area contributed by atoms with E-state index in [1.165, 1.54) is 0 Å². The summed E-state index contributed by atoms with van der Waals surface area (Å²) < 4.78 is 1.79. The molecule has 0 aliphatic rings. The van der Waals surface area contributed by atoms with Gasteiger partial charge in [0.15, 0.2) is 0 Å². The number of nitrogens with one attached hydrogen (secondary N) is 2. The smallest absolute Gasteiger partial charge is 0.316 e. The van der Waals surface area contributed by atoms with Crippen LogP contribution in [0.2, 0.25) is 5.02 Å². The third kappa shape index (κ3) is 3.36. The molecule has 0 saturated heterocycles. The summed E-state index contributed by atoms with van der Waals surface area (Å²) in [5, 5.41) is 6.74. The number of hydrogen-bond donors (Lipinski definition) is 3. The summed E-state index contributed by atoms with van der Waals surface area (Å²) >= 11 is 6.42. The van der Waals surface area contributed by atoms with Gasteiger partial charge in [-0.2, -0.15) is 0 Å². The van der Waals surface area contributed by atoms with E-state index in [2.05, 4.69) is 10.6 Å². The molecule has 3 aromatic rings. The molecule has 134 valence electrons. The highest BCUT2D eigenvalue weighted by atomic mass is 35.5. The van der Waals surface area contributed by atoms with E-state index < -0.39 is 6.03 Å². The van der Waals surface area contributed by atoms with E-state index >= 15 is 0 Å². The van der Waals surface area contributed by atoms with Crippen LogP contribution in [-0.4, -0.2) is 16.5 Å². The van der Waals surface area contributed by atoms with E-state index in [1.807, 2.05) is 50.4 Å². The van der Waals surface area contributed by atoms with Crippen LogP contribution in [0.4, 0.5) is 10.5 Å². The number of para-hydroxylation sites is 1. The summed E-state index contributed by atoms with van der Waals surface area (Å²) in [7, 11) is 1.82. The number of nitrogens with two attached hydrogens (primary N) is 1. The Bertz CT molecular complexity index is 940. The van der Waals surface area contributed by atoms with E-state index in [0.29, 0.717) is 16.4 Å². The van der Waals surface area contributed by atoms with E-state index in [-0.39, 0.29) is 11.9 Å². The first-order chi connectivity index (χ1) is 12.4. The van der Waals surface area contributed by atoms with Gasteiger partial charge in [0.25, 0.3) is 5.91 Å². The molecule has 4 N–H and O–H groups in total. The maximum Gasteiger partial charge on any atom is 0.316 e. The van der Waals surface area contributed by atoms with Crippen molar-refractivity contribution in [2.45, 2.75) is 13.0 Å². The number of urea groups is 1. The number of fused-ring (bicyclic) bond motifs is 1. The molecule has 1 aromatic heterocycles. The molecule has 0 aliphatic heterocycles. The van der Waals surface area contributed by atoms with Crippen LogP contribution in [0, 0.1) is 0 Å². The van der Waals surface area contributed by atoms with Crippen molar-refractivity contribution in [1.82, 2.24) is 9.88 Å². The van der Waals surface area contributed by atoms with Crippen molar-refractivity contribution in [2.75, 3.05) is 5.32 Å². The van der Waals surface area contributed by atoms with E-state index in [4.69, 9.17) is 17.3 Å². The van der Waals surface area contributed by atoms with Gasteiger partial charge < -0.3 is 20.9 Å². The average molecular weight is 371 g/mol. The summed E-state index contributed by atoms with van der Waals surface area (Å²) in [5.74, 6) is -0.250. The molecule has 0 fully saturated rings. The van der Waals surface area contributed by atoms with Crippen molar-refractivity contribution in [3.05, 3.63) is 64.8 Å². The minimum absolute atomic E-state index is 0.237. The Morgan fingerprint density at radius 2 is 1.77 bits per heavy atom. The monoisotopic (exact) mass is 370 g/mol. The minimum Gasteiger partial charge on any atom is -0.351 e. The molecule has 7 heteroatoms. The summed E-state index contributed by atoms with van der Waals surface area (Å²) in [4.78, 5) is 23.6. The molecular weight excluding hydrogens is 352 g/mol. The first-order valence-corrected chi connectivity index (χ1v) is 8.46. The highest BCUT2D eigenvalue weighted by Crippen LogP contribution is 2.30. The van der Waals surface area contributed by atoms with Crippen molar-refractivity contribution in [2.24, 2.45) is 12.8 Å². The first kappa shape index (κ1) is 17.8. The first-order valence-electron chi connectivity index (χ1n) is 8.08. The molecular formula is C19H19ClN4O2. The van der Waals surface area contributed by atoms with Crippen molar-refractivity contribution >= 4 is 40.1 Å². The normalized spacial score (nSPS) is 12.0. The summed E-state index contributed by atoms with van der Waals surface area (Å²) in [6.45, 7) is 1.88. The zero-order chi connectivity index (χ0) is 18.8. The van der Waals surface area contributed by atoms with Gasteiger partial charge in [-0.05, 0) is 30.7 Å². The van der Waals surface area contributed by atoms with Crippen LogP contribution in [0.1, 0.15) is 29.0 Å². The molecule has 2 aromatic carbocycles. The molecule has 0 saturated carbocycles. The molecule has 6 nitrogen and oxygen atoms in total. The number of aromatic nitrogens is 1. The number of anilines is 1. The zero-order valence-corrected chi connectivity index (χ0v) is 15.2. The van der Waals surface area contributed by atoms with Gasteiger partial charge in [0.2, 0.25) is 0 Å². The fraction of sp³-hybridized carbons (Fsp3) is 0.158. The van der Waals surface area contributed by atoms with E-state index in [0.717, 1.165) is 16.5 Å². The maximum atomic E-state index is 12.8. The standard InChI is InChI=1S/C19H19ClN4O2/c1-11(12-7-9-13(10-8-12)23-19(21)26)22-18(25)17-16(20)14-5-3-4-6-15(14)24(17)2/h3-11H,1-2H3,(H,22,25)(H3,21,23,26). The van der Waals surface area contributed by atoms with Gasteiger partial charge in [-0.25, -0.2) is 4.79 Å². The quantitative estimate of drug-likeness (QED) is 0.651. The number of amides is 3. The number of halogens is 1. The number of carbonyl (C=O) groups excluding carboxylic acids is 2. The van der Waals surface area contributed by atoms with Gasteiger partial charge in [-0.3, -0.25) is 4.79 Å². The van der Waals surface area contributed by atoms with E-state index in [9.17, 15) is 9.59 Å². The molecule has 1 heterocycles. The predicted octanol–water partition coefficient (Wildman–Crippen LogP) is 3.81. The van der Waals surface area contributed by atoms with Crippen LogP contribution >= 0.6 is 11.6 Å². The maximum absolute atomic E-state index is 12.8. The number of primary amides is 1. The topological polar surface area (TPSA) is 89.2 Å². The number of benzene rings is 2. The molecule has 0 aliphatic carbocycles. The number of hydrogen-bond acceptors (Lipinski definition) is 2. The predicted molar refractivity (Wildman–Crippen MR) is 103 cm³/mol. The van der Waals surface area contributed by atoms with Crippen LogP contribution in [0.15, 0.2) is 48.5 Å². The van der Waals surface area contributed by atoms with E-state index in [1.54, 1.807) is 16.7 Å². The summed E-state index contributed by atoms with van der Waals surface area (Å²) in [6, 6.07) is 13.8. The lowest BCUT2D eigenvalue weighted by Gasteiger charge is -2.15. The highest BCUT2D eigenvalue weighted by Gasteiger charge is 2.21. The Labute approximate surface area is 155 Å². The van der Waals surface area contributed by atoms with Crippen LogP contribution < -0.4 is 16.4 Å². The molecule has 0 radical (unpaired) electrons. The van der Waals surface area contributed by atoms with Gasteiger partial charge in [-0.15, -0.1) is 0 Å². The van der Waals surface area contributed by atoms with Gasteiger partial charge in [0.05, 0.1) is 11.1 Å². The molecule has 3 rings (SSSR count). The Hall–Kier alpha value is -2.99. The van der Waals surface area contributed by atoms with Crippen molar-refractivity contribution in [3.8, 4) is 0 Å². The fourth-order valence-corrected chi connectivity index (χ4v) is 3.32. The Morgan fingerprint density at radius 1 is 1.12 bits per heavy atom. The lowest BCUT2D eigenvalue weighted by molar-refractivity contribution is 0.0932. The third-order valence-corrected chi connectivity index (χ3v) is 4.67. The lowest BCUT2D eigenvalue weighted by Crippen LogP contribution is -2.28. The second-order valence-electron chi connectivity index (χ2n) is 6.05. The van der Waals surface area contributed by atoms with Gasteiger partial charge in [0, 0.05) is 23.6 Å². The van der Waals surface area contributed by atoms with Crippen LogP contribution in [0.5, 0.6) is 0 Å². The van der Waals surface area contributed by atoms with Gasteiger partial charge >= 0.3 is 6.03 Å². The van der Waals surface area contributed by atoms with Crippen LogP contribution in [-0.2, 0) is 7.05 Å². The number of aryl methyl sites for hydroxylation is 1. The van der Waals surface area contributed by atoms with Crippen molar-refractivity contribution < 1.29 is 9.59 Å². The number of nitrogens with zero attached hydrogens (tertiary/aromatic N) is 1. The fourth-order valence-electron chi connectivity index (χ4n) is 2.94. The average Bonchev–Trinajstić information content (AvgIpc) is 2.86. The third-order valence-electron chi connectivity index (χ3n) is 4.29. The Kier molecular flexibility index (Phi) is 4.86.